The van der Waals surface area contributed by atoms with Crippen molar-refractivity contribution in [3.8, 4) is 11.5 Å². The van der Waals surface area contributed by atoms with E-state index in [9.17, 15) is 0 Å². The van der Waals surface area contributed by atoms with Gasteiger partial charge in [-0.3, -0.25) is 5.32 Å². The van der Waals surface area contributed by atoms with Gasteiger partial charge in [-0.25, -0.2) is 0 Å². The summed E-state index contributed by atoms with van der Waals surface area (Å²) < 4.78 is 11.1. The van der Waals surface area contributed by atoms with E-state index in [0.717, 1.165) is 41.5 Å². The summed E-state index contributed by atoms with van der Waals surface area (Å²) >= 11 is 0. The first-order chi connectivity index (χ1) is 13.4. The molecule has 0 bridgehead atoms. The van der Waals surface area contributed by atoms with Crippen molar-refractivity contribution in [1.82, 2.24) is 5.32 Å². The third-order valence-corrected chi connectivity index (χ3v) is 4.85. The first-order valence-electron chi connectivity index (χ1n) is 9.61. The zero-order valence-corrected chi connectivity index (χ0v) is 17.5. The number of hydrogen-bond acceptors (Lipinski definition) is 4. The minimum absolute atomic E-state index is 0.0308. The van der Waals surface area contributed by atoms with Gasteiger partial charge in [-0.1, -0.05) is 51.1 Å². The van der Waals surface area contributed by atoms with Crippen LogP contribution < -0.4 is 19.7 Å². The molecule has 148 valence electrons. The number of hydrogen-bond donors (Lipinski definition) is 1. The summed E-state index contributed by atoms with van der Waals surface area (Å²) in [5.41, 5.74) is 4.51. The molecule has 0 aromatic heterocycles. The van der Waals surface area contributed by atoms with Gasteiger partial charge in [-0.2, -0.15) is 0 Å². The molecule has 3 rings (SSSR count). The molecule has 0 aliphatic carbocycles. The zero-order chi connectivity index (χ0) is 20.1. The molecule has 0 spiro atoms. The van der Waals surface area contributed by atoms with Crippen LogP contribution in [0.15, 0.2) is 48.7 Å². The van der Waals surface area contributed by atoms with E-state index in [0.29, 0.717) is 0 Å². The van der Waals surface area contributed by atoms with Crippen molar-refractivity contribution in [1.29, 1.82) is 0 Å². The van der Waals surface area contributed by atoms with Crippen LogP contribution in [0.5, 0.6) is 11.5 Å². The second-order valence-corrected chi connectivity index (χ2v) is 7.94. The van der Waals surface area contributed by atoms with Crippen LogP contribution in [-0.2, 0) is 5.41 Å². The standard InChI is InChI=1S/C24H30N2O2/c1-24(2,3)22-16-20(26-14-6-13-25-17-26)15-19(23(22)28-5)10-7-18-8-11-21(27-4)12-9-18/h6-12,14-16,25H,13,17H2,1-5H3/b10-7+. The van der Waals surface area contributed by atoms with Crippen LogP contribution in [0.4, 0.5) is 5.69 Å². The lowest BCUT2D eigenvalue weighted by Crippen LogP contribution is -2.34. The lowest BCUT2D eigenvalue weighted by Gasteiger charge is -2.29. The maximum atomic E-state index is 5.85. The second kappa shape index (κ2) is 8.53. The van der Waals surface area contributed by atoms with Gasteiger partial charge < -0.3 is 14.4 Å². The normalized spacial score (nSPS) is 14.5. The van der Waals surface area contributed by atoms with E-state index >= 15 is 0 Å². The van der Waals surface area contributed by atoms with E-state index in [1.807, 2.05) is 24.3 Å². The van der Waals surface area contributed by atoms with E-state index in [1.165, 1.54) is 5.56 Å². The Bertz CT molecular complexity index is 861. The number of benzene rings is 2. The maximum Gasteiger partial charge on any atom is 0.129 e. The topological polar surface area (TPSA) is 33.7 Å². The third kappa shape index (κ3) is 4.57. The molecule has 1 aliphatic heterocycles. The molecule has 0 saturated carbocycles. The van der Waals surface area contributed by atoms with Gasteiger partial charge in [0.05, 0.1) is 20.9 Å². The summed E-state index contributed by atoms with van der Waals surface area (Å²) in [6, 6.07) is 12.5. The SMILES string of the molecule is COc1ccc(/C=C/c2cc(N3C=CCNC3)cc(C(C)(C)C)c2OC)cc1. The largest absolute Gasteiger partial charge is 0.497 e. The fourth-order valence-electron chi connectivity index (χ4n) is 3.29. The molecule has 0 amide bonds. The van der Waals surface area contributed by atoms with Gasteiger partial charge in [0, 0.05) is 29.6 Å². The van der Waals surface area contributed by atoms with Gasteiger partial charge in [0.25, 0.3) is 0 Å². The molecule has 1 N–H and O–H groups in total. The Labute approximate surface area is 168 Å². The molecular formula is C24H30N2O2. The van der Waals surface area contributed by atoms with Crippen molar-refractivity contribution in [3.63, 3.8) is 0 Å². The summed E-state index contributed by atoms with van der Waals surface area (Å²) in [6.45, 7) is 8.36. The van der Waals surface area contributed by atoms with E-state index in [1.54, 1.807) is 14.2 Å². The Morgan fingerprint density at radius 2 is 1.75 bits per heavy atom. The van der Waals surface area contributed by atoms with Gasteiger partial charge in [0.15, 0.2) is 0 Å². The van der Waals surface area contributed by atoms with Crippen molar-refractivity contribution in [3.05, 3.63) is 65.4 Å². The van der Waals surface area contributed by atoms with Gasteiger partial charge >= 0.3 is 0 Å². The van der Waals surface area contributed by atoms with Crippen LogP contribution in [0.2, 0.25) is 0 Å². The van der Waals surface area contributed by atoms with E-state index < -0.39 is 0 Å². The van der Waals surface area contributed by atoms with E-state index in [4.69, 9.17) is 9.47 Å². The number of anilines is 1. The highest BCUT2D eigenvalue weighted by atomic mass is 16.5. The summed E-state index contributed by atoms with van der Waals surface area (Å²) in [4.78, 5) is 2.23. The molecule has 0 unspecified atom stereocenters. The molecule has 0 saturated heterocycles. The molecule has 28 heavy (non-hydrogen) atoms. The monoisotopic (exact) mass is 378 g/mol. The molecule has 0 radical (unpaired) electrons. The minimum Gasteiger partial charge on any atom is -0.497 e. The third-order valence-electron chi connectivity index (χ3n) is 4.85. The Morgan fingerprint density at radius 3 is 2.32 bits per heavy atom. The van der Waals surface area contributed by atoms with Crippen molar-refractivity contribution in [2.45, 2.75) is 26.2 Å². The quantitative estimate of drug-likeness (QED) is 0.738. The maximum absolute atomic E-state index is 5.85. The zero-order valence-electron chi connectivity index (χ0n) is 17.5. The van der Waals surface area contributed by atoms with Gasteiger partial charge in [0.1, 0.15) is 11.5 Å². The minimum atomic E-state index is -0.0308. The lowest BCUT2D eigenvalue weighted by atomic mass is 9.84. The second-order valence-electron chi connectivity index (χ2n) is 7.94. The summed E-state index contributed by atoms with van der Waals surface area (Å²) in [5.74, 6) is 1.78. The first-order valence-corrected chi connectivity index (χ1v) is 9.61. The van der Waals surface area contributed by atoms with Crippen molar-refractivity contribution < 1.29 is 9.47 Å². The highest BCUT2D eigenvalue weighted by Gasteiger charge is 2.23. The van der Waals surface area contributed by atoms with Crippen molar-refractivity contribution in [2.75, 3.05) is 32.3 Å². The number of methoxy groups -OCH3 is 2. The van der Waals surface area contributed by atoms with Crippen LogP contribution in [-0.4, -0.2) is 27.4 Å². The Morgan fingerprint density at radius 1 is 1.00 bits per heavy atom. The Kier molecular flexibility index (Phi) is 6.10. The number of nitrogens with one attached hydrogen (secondary N) is 1. The molecule has 1 heterocycles. The number of ether oxygens (including phenoxy) is 2. The highest BCUT2D eigenvalue weighted by molar-refractivity contribution is 5.77. The summed E-state index contributed by atoms with van der Waals surface area (Å²) in [5, 5.41) is 3.39. The molecule has 4 heteroatoms. The molecule has 4 nitrogen and oxygen atoms in total. The fourth-order valence-corrected chi connectivity index (χ4v) is 3.29. The lowest BCUT2D eigenvalue weighted by molar-refractivity contribution is 0.396. The average molecular weight is 379 g/mol. The van der Waals surface area contributed by atoms with Crippen LogP contribution >= 0.6 is 0 Å². The highest BCUT2D eigenvalue weighted by Crippen LogP contribution is 2.38. The number of nitrogens with zero attached hydrogens (tertiary/aromatic N) is 1. The fraction of sp³-hybridized carbons (Fsp3) is 0.333. The average Bonchev–Trinajstić information content (AvgIpc) is 2.71. The molecule has 0 atom stereocenters. The van der Waals surface area contributed by atoms with E-state index in [-0.39, 0.29) is 5.41 Å². The van der Waals surface area contributed by atoms with Crippen LogP contribution in [0.1, 0.15) is 37.5 Å². The smallest absolute Gasteiger partial charge is 0.129 e. The van der Waals surface area contributed by atoms with E-state index in [2.05, 4.69) is 67.5 Å². The van der Waals surface area contributed by atoms with Crippen LogP contribution in [0.25, 0.3) is 12.2 Å². The first kappa shape index (κ1) is 20.0. The van der Waals surface area contributed by atoms with Gasteiger partial charge in [-0.05, 0) is 35.2 Å². The van der Waals surface area contributed by atoms with Gasteiger partial charge in [0.2, 0.25) is 0 Å². The van der Waals surface area contributed by atoms with Gasteiger partial charge in [-0.15, -0.1) is 0 Å². The molecule has 2 aromatic carbocycles. The number of rotatable bonds is 5. The van der Waals surface area contributed by atoms with Crippen molar-refractivity contribution in [2.24, 2.45) is 0 Å². The molecular weight excluding hydrogens is 348 g/mol. The predicted molar refractivity (Wildman–Crippen MR) is 118 cm³/mol. The molecule has 2 aromatic rings. The molecule has 0 fully saturated rings. The van der Waals surface area contributed by atoms with Crippen LogP contribution in [0.3, 0.4) is 0 Å². The Hall–Kier alpha value is -2.72. The predicted octanol–water partition coefficient (Wildman–Crippen LogP) is 5.05. The van der Waals surface area contributed by atoms with Crippen LogP contribution in [0, 0.1) is 0 Å². The van der Waals surface area contributed by atoms with Crippen molar-refractivity contribution >= 4 is 17.8 Å². The molecule has 1 aliphatic rings. The summed E-state index contributed by atoms with van der Waals surface area (Å²) in [6.07, 6.45) is 8.51. The Balaban J connectivity index is 2.04. The summed E-state index contributed by atoms with van der Waals surface area (Å²) in [7, 11) is 3.43.